The van der Waals surface area contributed by atoms with E-state index < -0.39 is 9.85 Å². The van der Waals surface area contributed by atoms with E-state index in [-0.39, 0.29) is 30.2 Å². The van der Waals surface area contributed by atoms with Crippen molar-refractivity contribution in [2.75, 3.05) is 184 Å². The molecule has 0 saturated heterocycles. The predicted molar refractivity (Wildman–Crippen MR) is 190 cm³/mol. The highest BCUT2D eigenvalue weighted by molar-refractivity contribution is 5.65. The van der Waals surface area contributed by atoms with Gasteiger partial charge in [-0.1, -0.05) is 0 Å². The molecule has 0 aliphatic rings. The number of hydrogen-bond donors (Lipinski definition) is 1. The molecule has 1 N–H and O–H groups in total. The molecule has 1 aromatic carbocycles. The molecular weight excluding hydrogens is 710 g/mol. The maximum absolute atomic E-state index is 11.1. The molecule has 1 aromatic rings. The van der Waals surface area contributed by atoms with E-state index in [0.717, 1.165) is 6.07 Å². The van der Waals surface area contributed by atoms with E-state index in [1.165, 1.54) is 12.1 Å². The Kier molecular flexibility index (Phi) is 34.3. The lowest BCUT2D eigenvalue weighted by atomic mass is 10.2. The summed E-state index contributed by atoms with van der Waals surface area (Å²) in [7, 11) is 1.64. The molecule has 53 heavy (non-hydrogen) atoms. The van der Waals surface area contributed by atoms with Crippen LogP contribution in [0, 0.1) is 20.2 Å². The minimum absolute atomic E-state index is 0.184. The minimum atomic E-state index is -0.682. The number of ether oxygens (including phenoxy) is 13. The number of methoxy groups -OCH3 is 1. The number of rotatable bonds is 42. The molecule has 0 fully saturated rings. The van der Waals surface area contributed by atoms with Crippen LogP contribution in [-0.2, 0) is 61.6 Å². The molecule has 0 amide bonds. The summed E-state index contributed by atoms with van der Waals surface area (Å²) in [4.78, 5) is 20.6. The van der Waals surface area contributed by atoms with Crippen LogP contribution in [0.1, 0.15) is 0 Å². The number of anilines is 1. The zero-order chi connectivity index (χ0) is 38.3. The summed E-state index contributed by atoms with van der Waals surface area (Å²) < 4.78 is 70.1. The van der Waals surface area contributed by atoms with Crippen molar-refractivity contribution in [2.45, 2.75) is 0 Å². The highest BCUT2D eigenvalue weighted by Crippen LogP contribution is 2.28. The number of nitrogens with zero attached hydrogens (tertiary/aromatic N) is 2. The SMILES string of the molecule is COCCOCCOCCOCCOCCOCCOCCOCCOCCOCCOCCOCCOCCNc1ccc([N+](=O)[O-])cc1[N+](=O)[O-]. The molecule has 0 bridgehead atoms. The largest absolute Gasteiger partial charge is 0.382 e. The zero-order valence-corrected chi connectivity index (χ0v) is 31.0. The van der Waals surface area contributed by atoms with Gasteiger partial charge in [0.1, 0.15) is 5.69 Å². The van der Waals surface area contributed by atoms with Crippen molar-refractivity contribution in [3.8, 4) is 0 Å². The van der Waals surface area contributed by atoms with Gasteiger partial charge >= 0.3 is 0 Å². The van der Waals surface area contributed by atoms with Crippen molar-refractivity contribution in [2.24, 2.45) is 0 Å². The van der Waals surface area contributed by atoms with Gasteiger partial charge in [0.15, 0.2) is 0 Å². The second-order valence-corrected chi connectivity index (χ2v) is 10.5. The molecule has 0 heterocycles. The van der Waals surface area contributed by atoms with E-state index in [1.807, 2.05) is 0 Å². The van der Waals surface area contributed by atoms with Crippen LogP contribution in [0.15, 0.2) is 18.2 Å². The maximum Gasteiger partial charge on any atom is 0.299 e. The van der Waals surface area contributed by atoms with Crippen LogP contribution in [0.2, 0.25) is 0 Å². The Morgan fingerprint density at radius 1 is 0.434 bits per heavy atom. The van der Waals surface area contributed by atoms with Gasteiger partial charge in [0.2, 0.25) is 0 Å². The molecule has 0 unspecified atom stereocenters. The summed E-state index contributed by atoms with van der Waals surface area (Å²) in [6, 6.07) is 3.42. The fraction of sp³-hybridized carbons (Fsp3) is 0.818. The van der Waals surface area contributed by atoms with E-state index in [1.54, 1.807) is 7.11 Å². The topological polar surface area (TPSA) is 218 Å². The molecule has 0 atom stereocenters. The number of non-ortho nitro benzene ring substituents is 1. The van der Waals surface area contributed by atoms with Gasteiger partial charge in [0.05, 0.1) is 181 Å². The van der Waals surface area contributed by atoms with E-state index in [4.69, 9.17) is 61.6 Å². The Morgan fingerprint density at radius 3 is 0.981 bits per heavy atom. The average Bonchev–Trinajstić information content (AvgIpc) is 3.15. The molecule has 0 saturated carbocycles. The van der Waals surface area contributed by atoms with Crippen molar-refractivity contribution in [3.05, 3.63) is 38.4 Å². The fourth-order valence-corrected chi connectivity index (χ4v) is 3.86. The molecule has 20 nitrogen and oxygen atoms in total. The van der Waals surface area contributed by atoms with Gasteiger partial charge in [-0.05, 0) is 6.07 Å². The number of nitro groups is 2. The number of hydrogen-bond acceptors (Lipinski definition) is 18. The van der Waals surface area contributed by atoms with Crippen LogP contribution in [-0.4, -0.2) is 189 Å². The van der Waals surface area contributed by atoms with Gasteiger partial charge in [-0.3, -0.25) is 20.2 Å². The first-order valence-corrected chi connectivity index (χ1v) is 17.6. The zero-order valence-electron chi connectivity index (χ0n) is 31.0. The van der Waals surface area contributed by atoms with Crippen LogP contribution >= 0.6 is 0 Å². The summed E-state index contributed by atoms with van der Waals surface area (Å²) in [5, 5.41) is 24.8. The first-order valence-electron chi connectivity index (χ1n) is 17.6. The summed E-state index contributed by atoms with van der Waals surface area (Å²) in [6.45, 7) is 12.0. The predicted octanol–water partition coefficient (Wildman–Crippen LogP) is 1.76. The Bertz CT molecular complexity index is 998. The first kappa shape index (κ1) is 48.3. The van der Waals surface area contributed by atoms with Gasteiger partial charge in [-0.15, -0.1) is 0 Å². The van der Waals surface area contributed by atoms with E-state index in [9.17, 15) is 20.2 Å². The number of nitro benzene ring substituents is 2. The van der Waals surface area contributed by atoms with Gasteiger partial charge in [0, 0.05) is 19.7 Å². The lowest BCUT2D eigenvalue weighted by molar-refractivity contribution is -0.393. The third-order valence-corrected chi connectivity index (χ3v) is 6.47. The highest BCUT2D eigenvalue weighted by Gasteiger charge is 2.19. The molecule has 0 aliphatic carbocycles. The lowest BCUT2D eigenvalue weighted by Crippen LogP contribution is -2.16. The second kappa shape index (κ2) is 37.6. The first-order chi connectivity index (χ1) is 26.1. The highest BCUT2D eigenvalue weighted by atomic mass is 16.6. The van der Waals surface area contributed by atoms with E-state index >= 15 is 0 Å². The molecule has 0 radical (unpaired) electrons. The van der Waals surface area contributed by atoms with Crippen LogP contribution in [0.4, 0.5) is 17.1 Å². The van der Waals surface area contributed by atoms with Gasteiger partial charge in [-0.25, -0.2) is 0 Å². The van der Waals surface area contributed by atoms with Crippen molar-refractivity contribution in [3.63, 3.8) is 0 Å². The molecule has 0 aromatic heterocycles. The van der Waals surface area contributed by atoms with Crippen LogP contribution < -0.4 is 5.32 Å². The van der Waals surface area contributed by atoms with Gasteiger partial charge in [-0.2, -0.15) is 0 Å². The summed E-state index contributed by atoms with van der Waals surface area (Å²) in [5.74, 6) is 0. The molecular formula is C33H59N3O17. The minimum Gasteiger partial charge on any atom is -0.382 e. The molecule has 20 heteroatoms. The Balaban J connectivity index is 1.70. The van der Waals surface area contributed by atoms with Crippen molar-refractivity contribution >= 4 is 17.1 Å². The van der Waals surface area contributed by atoms with Gasteiger partial charge in [0.25, 0.3) is 11.4 Å². The van der Waals surface area contributed by atoms with Crippen molar-refractivity contribution < 1.29 is 71.4 Å². The van der Waals surface area contributed by atoms with Crippen LogP contribution in [0.5, 0.6) is 0 Å². The van der Waals surface area contributed by atoms with Crippen molar-refractivity contribution in [1.82, 2.24) is 0 Å². The molecule has 1 rings (SSSR count). The van der Waals surface area contributed by atoms with E-state index in [0.29, 0.717) is 159 Å². The lowest BCUT2D eigenvalue weighted by Gasteiger charge is -2.09. The van der Waals surface area contributed by atoms with Crippen molar-refractivity contribution in [1.29, 1.82) is 0 Å². The quantitative estimate of drug-likeness (QED) is 0.0569. The summed E-state index contributed by atoms with van der Waals surface area (Å²) >= 11 is 0. The maximum atomic E-state index is 11.1. The van der Waals surface area contributed by atoms with Crippen LogP contribution in [0.3, 0.4) is 0 Å². The normalized spacial score (nSPS) is 11.3. The standard InChI is InChI=1S/C33H59N3O17/c1-41-6-7-43-10-11-45-14-15-47-18-19-49-22-23-51-26-27-53-29-28-52-25-24-50-21-20-48-17-16-46-13-12-44-9-8-42-5-4-34-32-3-2-31(35(37)38)30-33(32)36(39)40/h2-3,30,34H,4-29H2,1H3. The van der Waals surface area contributed by atoms with Gasteiger partial charge < -0.3 is 66.9 Å². The Labute approximate surface area is 311 Å². The Hall–Kier alpha value is -2.70. The van der Waals surface area contributed by atoms with Crippen LogP contribution in [0.25, 0.3) is 0 Å². The summed E-state index contributed by atoms with van der Waals surface area (Å²) in [5.41, 5.74) is -0.530. The number of benzene rings is 1. The Morgan fingerprint density at radius 2 is 0.717 bits per heavy atom. The average molecular weight is 770 g/mol. The molecule has 0 spiro atoms. The number of nitrogens with one attached hydrogen (secondary N) is 1. The van der Waals surface area contributed by atoms with E-state index in [2.05, 4.69) is 5.32 Å². The summed E-state index contributed by atoms with van der Waals surface area (Å²) in [6.07, 6.45) is 0. The third-order valence-electron chi connectivity index (χ3n) is 6.47. The molecule has 0 aliphatic heterocycles. The second-order valence-electron chi connectivity index (χ2n) is 10.5. The monoisotopic (exact) mass is 769 g/mol. The third kappa shape index (κ3) is 31.4. The molecule has 308 valence electrons. The fourth-order valence-electron chi connectivity index (χ4n) is 3.86. The smallest absolute Gasteiger partial charge is 0.299 e.